The Hall–Kier alpha value is -4.59. The Morgan fingerprint density at radius 1 is 0.895 bits per heavy atom. The monoisotopic (exact) mass is 516 g/mol. The number of halogens is 1. The Labute approximate surface area is 220 Å². The van der Waals surface area contributed by atoms with Gasteiger partial charge in [-0.25, -0.2) is 4.39 Å². The van der Waals surface area contributed by atoms with E-state index >= 15 is 0 Å². The van der Waals surface area contributed by atoms with Crippen molar-refractivity contribution < 1.29 is 27.9 Å². The quantitative estimate of drug-likeness (QED) is 0.301. The van der Waals surface area contributed by atoms with E-state index in [0.29, 0.717) is 33.9 Å². The normalized spacial score (nSPS) is 11.4. The molecule has 1 atom stereocenters. The molecule has 0 aliphatic carbocycles. The highest BCUT2D eigenvalue weighted by Gasteiger charge is 2.31. The molecule has 1 heterocycles. The highest BCUT2D eigenvalue weighted by molar-refractivity contribution is 5.89. The van der Waals surface area contributed by atoms with E-state index in [-0.39, 0.29) is 37.1 Å². The molecule has 0 unspecified atom stereocenters. The highest BCUT2D eigenvalue weighted by Crippen LogP contribution is 2.29. The van der Waals surface area contributed by atoms with Gasteiger partial charge in [0.1, 0.15) is 17.6 Å². The van der Waals surface area contributed by atoms with Gasteiger partial charge in [-0.2, -0.15) is 0 Å². The van der Waals surface area contributed by atoms with E-state index in [1.54, 1.807) is 61.7 Å². The molecule has 0 saturated carbocycles. The molecular formula is C30H29FN2O5. The molecule has 3 aromatic carbocycles. The SMILES string of the molecule is COc1ccc(CC(=O)N(Cc2ccc(F)cc2)[C@H](C(=O)NCc2ccco2)c2ccccc2)cc1OC. The van der Waals surface area contributed by atoms with Crippen LogP contribution in [0, 0.1) is 5.82 Å². The van der Waals surface area contributed by atoms with Crippen molar-refractivity contribution in [1.82, 2.24) is 10.2 Å². The van der Waals surface area contributed by atoms with E-state index in [1.807, 2.05) is 18.2 Å². The molecule has 0 saturated heterocycles. The number of amides is 2. The summed E-state index contributed by atoms with van der Waals surface area (Å²) in [5.74, 6) is 0.601. The summed E-state index contributed by atoms with van der Waals surface area (Å²) in [6.07, 6.45) is 1.54. The Morgan fingerprint density at radius 2 is 1.61 bits per heavy atom. The number of benzene rings is 3. The average Bonchev–Trinajstić information content (AvgIpc) is 3.47. The van der Waals surface area contributed by atoms with E-state index in [9.17, 15) is 14.0 Å². The topological polar surface area (TPSA) is 81.0 Å². The van der Waals surface area contributed by atoms with Crippen molar-refractivity contribution in [3.63, 3.8) is 0 Å². The molecule has 0 fully saturated rings. The Morgan fingerprint density at radius 3 is 2.26 bits per heavy atom. The third-order valence-corrected chi connectivity index (χ3v) is 6.08. The lowest BCUT2D eigenvalue weighted by molar-refractivity contribution is -0.141. The van der Waals surface area contributed by atoms with E-state index in [0.717, 1.165) is 0 Å². The number of hydrogen-bond acceptors (Lipinski definition) is 5. The maximum atomic E-state index is 13.9. The lowest BCUT2D eigenvalue weighted by atomic mass is 10.0. The zero-order chi connectivity index (χ0) is 26.9. The number of hydrogen-bond donors (Lipinski definition) is 1. The van der Waals surface area contributed by atoms with Crippen molar-refractivity contribution in [2.24, 2.45) is 0 Å². The van der Waals surface area contributed by atoms with Gasteiger partial charge in [0.2, 0.25) is 11.8 Å². The zero-order valence-corrected chi connectivity index (χ0v) is 21.2. The third kappa shape index (κ3) is 6.59. The molecule has 0 aliphatic rings. The van der Waals surface area contributed by atoms with Crippen LogP contribution < -0.4 is 14.8 Å². The standard InChI is InChI=1S/C30H29FN2O5/c1-36-26-15-12-22(17-27(26)37-2)18-28(34)33(20-21-10-13-24(31)14-11-21)29(23-7-4-3-5-8-23)30(35)32-19-25-9-6-16-38-25/h3-17,29H,18-20H2,1-2H3,(H,32,35)/t29-/m0/s1. The maximum Gasteiger partial charge on any atom is 0.247 e. The first-order valence-corrected chi connectivity index (χ1v) is 12.1. The average molecular weight is 517 g/mol. The number of rotatable bonds is 11. The Balaban J connectivity index is 1.68. The molecular weight excluding hydrogens is 487 g/mol. The molecule has 0 aliphatic heterocycles. The minimum atomic E-state index is -0.941. The van der Waals surface area contributed by atoms with Gasteiger partial charge in [-0.05, 0) is 53.1 Å². The van der Waals surface area contributed by atoms with Gasteiger partial charge in [0, 0.05) is 6.54 Å². The predicted molar refractivity (Wildman–Crippen MR) is 140 cm³/mol. The third-order valence-electron chi connectivity index (χ3n) is 6.08. The van der Waals surface area contributed by atoms with Crippen LogP contribution in [-0.2, 0) is 29.1 Å². The van der Waals surface area contributed by atoms with Gasteiger partial charge in [-0.15, -0.1) is 0 Å². The summed E-state index contributed by atoms with van der Waals surface area (Å²) < 4.78 is 29.7. The van der Waals surface area contributed by atoms with Crippen molar-refractivity contribution in [2.75, 3.05) is 14.2 Å². The van der Waals surface area contributed by atoms with Crippen molar-refractivity contribution in [2.45, 2.75) is 25.6 Å². The van der Waals surface area contributed by atoms with Crippen LogP contribution in [0.1, 0.15) is 28.5 Å². The van der Waals surface area contributed by atoms with Crippen molar-refractivity contribution in [1.29, 1.82) is 0 Å². The van der Waals surface area contributed by atoms with Crippen LogP contribution in [0.4, 0.5) is 4.39 Å². The molecule has 8 heteroatoms. The number of ether oxygens (including phenoxy) is 2. The number of nitrogens with one attached hydrogen (secondary N) is 1. The van der Waals surface area contributed by atoms with Crippen molar-refractivity contribution in [3.05, 3.63) is 119 Å². The molecule has 38 heavy (non-hydrogen) atoms. The summed E-state index contributed by atoms with van der Waals surface area (Å²) in [6.45, 7) is 0.267. The second kappa shape index (κ2) is 12.6. The van der Waals surface area contributed by atoms with E-state index < -0.39 is 6.04 Å². The molecule has 196 valence electrons. The number of carbonyl (C=O) groups is 2. The summed E-state index contributed by atoms with van der Waals surface area (Å²) in [6, 6.07) is 22.8. The van der Waals surface area contributed by atoms with Crippen LogP contribution in [0.25, 0.3) is 0 Å². The first-order valence-electron chi connectivity index (χ1n) is 12.1. The fourth-order valence-corrected chi connectivity index (χ4v) is 4.17. The van der Waals surface area contributed by atoms with Crippen molar-refractivity contribution in [3.8, 4) is 11.5 Å². The van der Waals surface area contributed by atoms with E-state index in [4.69, 9.17) is 13.9 Å². The molecule has 0 bridgehead atoms. The summed E-state index contributed by atoms with van der Waals surface area (Å²) in [5, 5.41) is 2.89. The lowest BCUT2D eigenvalue weighted by Crippen LogP contribution is -2.43. The summed E-state index contributed by atoms with van der Waals surface area (Å²) >= 11 is 0. The van der Waals surface area contributed by atoms with Crippen LogP contribution in [0.15, 0.2) is 95.6 Å². The van der Waals surface area contributed by atoms with Crippen LogP contribution in [0.2, 0.25) is 0 Å². The smallest absolute Gasteiger partial charge is 0.247 e. The van der Waals surface area contributed by atoms with Gasteiger partial charge >= 0.3 is 0 Å². The molecule has 1 N–H and O–H groups in total. The Kier molecular flexibility index (Phi) is 8.77. The van der Waals surface area contributed by atoms with Gasteiger partial charge in [-0.1, -0.05) is 48.5 Å². The lowest BCUT2D eigenvalue weighted by Gasteiger charge is -2.32. The molecule has 0 radical (unpaired) electrons. The summed E-state index contributed by atoms with van der Waals surface area (Å²) in [7, 11) is 3.07. The highest BCUT2D eigenvalue weighted by atomic mass is 19.1. The molecule has 0 spiro atoms. The van der Waals surface area contributed by atoms with Gasteiger partial charge < -0.3 is 24.1 Å². The van der Waals surface area contributed by atoms with Gasteiger partial charge in [-0.3, -0.25) is 9.59 Å². The van der Waals surface area contributed by atoms with Crippen LogP contribution in [0.3, 0.4) is 0 Å². The number of carbonyl (C=O) groups excluding carboxylic acids is 2. The Bertz CT molecular complexity index is 1340. The zero-order valence-electron chi connectivity index (χ0n) is 21.2. The molecule has 4 rings (SSSR count). The number of nitrogens with zero attached hydrogens (tertiary/aromatic N) is 1. The fourth-order valence-electron chi connectivity index (χ4n) is 4.17. The fraction of sp³-hybridized carbons (Fsp3) is 0.200. The second-order valence-electron chi connectivity index (χ2n) is 8.62. The summed E-state index contributed by atoms with van der Waals surface area (Å²) in [4.78, 5) is 29.0. The van der Waals surface area contributed by atoms with E-state index in [1.165, 1.54) is 30.4 Å². The second-order valence-corrected chi connectivity index (χ2v) is 8.62. The molecule has 4 aromatic rings. The minimum absolute atomic E-state index is 0.0103. The number of methoxy groups -OCH3 is 2. The maximum absolute atomic E-state index is 13.9. The van der Waals surface area contributed by atoms with Gasteiger partial charge in [0.25, 0.3) is 0 Å². The predicted octanol–water partition coefficient (Wildman–Crippen LogP) is 5.06. The van der Waals surface area contributed by atoms with Crippen molar-refractivity contribution >= 4 is 11.8 Å². The number of furan rings is 1. The largest absolute Gasteiger partial charge is 0.493 e. The van der Waals surface area contributed by atoms with Crippen LogP contribution in [-0.4, -0.2) is 30.9 Å². The summed E-state index contributed by atoms with van der Waals surface area (Å²) in [5.41, 5.74) is 2.03. The molecule has 2 amide bonds. The van der Waals surface area contributed by atoms with Crippen LogP contribution >= 0.6 is 0 Å². The van der Waals surface area contributed by atoms with Crippen LogP contribution in [0.5, 0.6) is 11.5 Å². The van der Waals surface area contributed by atoms with Gasteiger partial charge in [0.15, 0.2) is 11.5 Å². The van der Waals surface area contributed by atoms with E-state index in [2.05, 4.69) is 5.32 Å². The van der Waals surface area contributed by atoms with Gasteiger partial charge in [0.05, 0.1) is 33.4 Å². The molecule has 1 aromatic heterocycles. The molecule has 7 nitrogen and oxygen atoms in total. The first kappa shape index (κ1) is 26.5. The first-order chi connectivity index (χ1) is 18.5. The minimum Gasteiger partial charge on any atom is -0.493 e.